The summed E-state index contributed by atoms with van der Waals surface area (Å²) in [5, 5.41) is 12.1. The highest BCUT2D eigenvalue weighted by molar-refractivity contribution is 6.39. The molecule has 0 spiro atoms. The number of ketones is 2. The molecule has 1 amide bonds. The highest BCUT2D eigenvalue weighted by Crippen LogP contribution is 2.40. The molecular weight excluding hydrogens is 714 g/mol. The Hall–Kier alpha value is -2.44. The van der Waals surface area contributed by atoms with E-state index >= 15 is 0 Å². The molecule has 4 rings (SSSR count). The lowest BCUT2D eigenvalue weighted by Crippen LogP contribution is -2.64. The molecule has 1 N–H and O–H groups in total. The van der Waals surface area contributed by atoms with E-state index in [0.29, 0.717) is 50.9 Å². The predicted octanol–water partition coefficient (Wildman–Crippen LogP) is 7.02. The van der Waals surface area contributed by atoms with Crippen LogP contribution in [-0.2, 0) is 42.9 Å². The quantitative estimate of drug-likeness (QED) is 0.170. The highest BCUT2D eigenvalue weighted by atomic mass is 16.7. The Bertz CT molecular complexity index is 1430. The van der Waals surface area contributed by atoms with Crippen LogP contribution in [-0.4, -0.2) is 104 Å². The number of allylic oxidation sites excluding steroid dienone is 3. The summed E-state index contributed by atoms with van der Waals surface area (Å²) in [4.78, 5) is 58.1. The maximum absolute atomic E-state index is 14.4. The number of cyclic esters (lactones) is 1. The fourth-order valence-corrected chi connectivity index (χ4v) is 9.84. The molecule has 1 unspecified atom stereocenters. The van der Waals surface area contributed by atoms with Crippen LogP contribution in [0.5, 0.6) is 0 Å². The zero-order valence-corrected chi connectivity index (χ0v) is 36.2. The molecule has 318 valence electrons. The molecule has 1 aliphatic carbocycles. The Morgan fingerprint density at radius 2 is 1.55 bits per heavy atom. The Balaban J connectivity index is 1.76. The lowest BCUT2D eigenvalue weighted by Gasteiger charge is -2.47. The van der Waals surface area contributed by atoms with E-state index in [0.717, 1.165) is 30.4 Å². The molecule has 0 aromatic rings. The SMILES string of the molecule is CC[C@H]1/C=C(\C)C[C@H](C)C[C@@H](OC)C2O[C@@](O)(C(=O)C(=O)N3CCCC[C@H]3C(=O)O[C@H](/C(C)=C/[C@@H]3CC[C@@H](C)[C@H](OC)C3)[C@H](C)[C@@H](C)CC1=O)[C@H](C)C[C@@H]2OC. The predicted molar refractivity (Wildman–Crippen MR) is 214 cm³/mol. The van der Waals surface area contributed by atoms with E-state index in [2.05, 4.69) is 26.0 Å². The maximum atomic E-state index is 14.4. The minimum Gasteiger partial charge on any atom is -0.456 e. The average molecular weight is 788 g/mol. The van der Waals surface area contributed by atoms with E-state index in [-0.39, 0.29) is 54.4 Å². The van der Waals surface area contributed by atoms with Crippen molar-refractivity contribution in [2.75, 3.05) is 27.9 Å². The van der Waals surface area contributed by atoms with Crippen molar-refractivity contribution in [3.8, 4) is 0 Å². The van der Waals surface area contributed by atoms with Crippen LogP contribution in [0.2, 0.25) is 0 Å². The molecule has 0 aromatic carbocycles. The molecule has 0 aromatic heterocycles. The van der Waals surface area contributed by atoms with Gasteiger partial charge in [-0.05, 0) is 107 Å². The first-order valence-corrected chi connectivity index (χ1v) is 21.4. The summed E-state index contributed by atoms with van der Waals surface area (Å²) in [6.45, 7) is 16.3. The molecule has 2 bridgehead atoms. The molecule has 3 fully saturated rings. The van der Waals surface area contributed by atoms with Crippen molar-refractivity contribution in [2.24, 2.45) is 41.4 Å². The molecule has 56 heavy (non-hydrogen) atoms. The van der Waals surface area contributed by atoms with Gasteiger partial charge in [-0.25, -0.2) is 4.79 Å². The van der Waals surface area contributed by atoms with Gasteiger partial charge >= 0.3 is 5.97 Å². The van der Waals surface area contributed by atoms with Crippen LogP contribution in [0.3, 0.4) is 0 Å². The first kappa shape index (κ1) is 46.3. The van der Waals surface area contributed by atoms with Crippen LogP contribution in [0.1, 0.15) is 126 Å². The fourth-order valence-electron chi connectivity index (χ4n) is 9.84. The first-order chi connectivity index (χ1) is 26.5. The van der Waals surface area contributed by atoms with E-state index in [1.807, 2.05) is 34.6 Å². The van der Waals surface area contributed by atoms with Crippen LogP contribution >= 0.6 is 0 Å². The minimum atomic E-state index is -2.45. The monoisotopic (exact) mass is 788 g/mol. The number of hydrogen-bond acceptors (Lipinski definition) is 10. The van der Waals surface area contributed by atoms with Crippen LogP contribution in [0.25, 0.3) is 0 Å². The van der Waals surface area contributed by atoms with E-state index in [1.54, 1.807) is 28.3 Å². The number of nitrogens with zero attached hydrogens (tertiary/aromatic N) is 1. The second-order valence-electron chi connectivity index (χ2n) is 18.0. The number of ether oxygens (including phenoxy) is 5. The number of piperidine rings is 1. The van der Waals surface area contributed by atoms with Gasteiger partial charge in [0.05, 0.1) is 18.3 Å². The number of aliphatic hydroxyl groups is 1. The van der Waals surface area contributed by atoms with Crippen LogP contribution in [0.15, 0.2) is 23.3 Å². The van der Waals surface area contributed by atoms with Crippen LogP contribution < -0.4 is 0 Å². The topological polar surface area (TPSA) is 138 Å². The van der Waals surface area contributed by atoms with Gasteiger partial charge in [-0.3, -0.25) is 14.4 Å². The normalized spacial score (nSPS) is 41.6. The number of esters is 1. The second kappa shape index (κ2) is 20.5. The van der Waals surface area contributed by atoms with Crippen molar-refractivity contribution in [3.63, 3.8) is 0 Å². The summed E-state index contributed by atoms with van der Waals surface area (Å²) in [5.74, 6) is -5.52. The van der Waals surface area contributed by atoms with Gasteiger partial charge in [-0.2, -0.15) is 0 Å². The van der Waals surface area contributed by atoms with Crippen LogP contribution in [0, 0.1) is 41.4 Å². The smallest absolute Gasteiger partial charge is 0.329 e. The van der Waals surface area contributed by atoms with Crippen molar-refractivity contribution >= 4 is 23.4 Å². The molecule has 14 atom stereocenters. The summed E-state index contributed by atoms with van der Waals surface area (Å²) in [6, 6.07) is -1.02. The van der Waals surface area contributed by atoms with Gasteiger partial charge in [-0.15, -0.1) is 0 Å². The summed E-state index contributed by atoms with van der Waals surface area (Å²) in [5.41, 5.74) is 2.00. The number of hydrogen-bond donors (Lipinski definition) is 1. The van der Waals surface area contributed by atoms with Crippen molar-refractivity contribution in [1.82, 2.24) is 4.90 Å². The Labute approximate surface area is 336 Å². The van der Waals surface area contributed by atoms with Gasteiger partial charge in [0.15, 0.2) is 0 Å². The van der Waals surface area contributed by atoms with E-state index < -0.39 is 59.8 Å². The van der Waals surface area contributed by atoms with Gasteiger partial charge in [-0.1, -0.05) is 59.3 Å². The standard InChI is InChI=1S/C45H73NO10/c1-12-34-20-26(2)19-27(3)21-38(53-10)41-39(54-11)24-31(7)45(51,56-41)42(48)43(49)46-18-14-13-15-35(46)44(50)55-40(32(8)29(5)23-36(34)47)30(6)22-33-17-16-28(4)37(25-33)52-9/h20,22,27-29,31-35,37-41,51H,12-19,21,23-25H2,1-11H3/b26-20+,30-22+/t27-,28+,29-,31+,32+,33-,34-,35-,37+,38+,39-,40+,41?,45+/m0/s1. The van der Waals surface area contributed by atoms with Gasteiger partial charge in [0.25, 0.3) is 11.7 Å². The number of carbonyl (C=O) groups excluding carboxylic acids is 4. The summed E-state index contributed by atoms with van der Waals surface area (Å²) in [7, 11) is 4.88. The number of rotatable bonds is 6. The third-order valence-electron chi connectivity index (χ3n) is 13.7. The zero-order chi connectivity index (χ0) is 41.5. The number of methoxy groups -OCH3 is 3. The van der Waals surface area contributed by atoms with Gasteiger partial charge in [0, 0.05) is 52.0 Å². The Kier molecular flexibility index (Phi) is 16.9. The lowest BCUT2D eigenvalue weighted by molar-refractivity contribution is -0.302. The van der Waals surface area contributed by atoms with E-state index in [4.69, 9.17) is 23.7 Å². The summed E-state index contributed by atoms with van der Waals surface area (Å²) >= 11 is 0. The second-order valence-corrected chi connectivity index (χ2v) is 18.0. The number of carbonyl (C=O) groups is 4. The number of fused-ring (bicyclic) bond motifs is 3. The van der Waals surface area contributed by atoms with Crippen molar-refractivity contribution in [2.45, 2.75) is 168 Å². The lowest BCUT2D eigenvalue weighted by atomic mass is 9.78. The molecular formula is C45H73NO10. The molecule has 11 nitrogen and oxygen atoms in total. The van der Waals surface area contributed by atoms with Crippen molar-refractivity contribution < 1.29 is 48.0 Å². The van der Waals surface area contributed by atoms with Gasteiger partial charge in [0.2, 0.25) is 5.79 Å². The number of amides is 1. The molecule has 3 aliphatic heterocycles. The Morgan fingerprint density at radius 1 is 0.893 bits per heavy atom. The largest absolute Gasteiger partial charge is 0.456 e. The third-order valence-corrected chi connectivity index (χ3v) is 13.7. The Morgan fingerprint density at radius 3 is 2.20 bits per heavy atom. The molecule has 1 saturated carbocycles. The molecule has 2 saturated heterocycles. The molecule has 11 heteroatoms. The van der Waals surface area contributed by atoms with E-state index in [1.165, 1.54) is 4.90 Å². The zero-order valence-electron chi connectivity index (χ0n) is 36.2. The van der Waals surface area contributed by atoms with Gasteiger partial charge in [0.1, 0.15) is 24.0 Å². The first-order valence-electron chi connectivity index (χ1n) is 21.4. The molecule has 0 radical (unpaired) electrons. The van der Waals surface area contributed by atoms with Crippen molar-refractivity contribution in [3.05, 3.63) is 23.3 Å². The third kappa shape index (κ3) is 10.8. The summed E-state index contributed by atoms with van der Waals surface area (Å²) in [6.07, 6.45) is 8.86. The minimum absolute atomic E-state index is 0.0991. The van der Waals surface area contributed by atoms with Crippen LogP contribution in [0.4, 0.5) is 0 Å². The maximum Gasteiger partial charge on any atom is 0.329 e. The molecule has 4 aliphatic rings. The average Bonchev–Trinajstić information content (AvgIpc) is 3.18. The summed E-state index contributed by atoms with van der Waals surface area (Å²) < 4.78 is 30.3. The highest BCUT2D eigenvalue weighted by Gasteiger charge is 2.56. The fraction of sp³-hybridized carbons (Fsp3) is 0.822. The number of Topliss-reactive ketones (excluding diaryl/α,β-unsaturated/α-hetero) is 2. The molecule has 3 heterocycles. The van der Waals surface area contributed by atoms with Crippen molar-refractivity contribution in [1.29, 1.82) is 0 Å². The van der Waals surface area contributed by atoms with E-state index in [9.17, 15) is 24.3 Å². The van der Waals surface area contributed by atoms with Gasteiger partial charge < -0.3 is 33.7 Å².